The number of hydrogen-bond acceptors (Lipinski definition) is 3. The highest BCUT2D eigenvalue weighted by atomic mass is 16.5. The molecule has 1 atom stereocenters. The Labute approximate surface area is 212 Å². The van der Waals surface area contributed by atoms with Gasteiger partial charge in [-0.2, -0.15) is 5.26 Å². The molecule has 2 aromatic carbocycles. The van der Waals surface area contributed by atoms with Crippen LogP contribution in [0.2, 0.25) is 0 Å². The van der Waals surface area contributed by atoms with Crippen molar-refractivity contribution in [1.82, 2.24) is 0 Å². The van der Waals surface area contributed by atoms with Crippen LogP contribution < -0.4 is 0 Å². The van der Waals surface area contributed by atoms with E-state index < -0.39 is 0 Å². The van der Waals surface area contributed by atoms with Gasteiger partial charge >= 0.3 is 5.97 Å². The molecule has 188 valence electrons. The zero-order valence-corrected chi connectivity index (χ0v) is 22.0. The minimum absolute atomic E-state index is 0.0879. The van der Waals surface area contributed by atoms with E-state index in [0.717, 1.165) is 50.5 Å². The minimum atomic E-state index is -0.258. The van der Waals surface area contributed by atoms with Gasteiger partial charge in [0.25, 0.3) is 0 Å². The summed E-state index contributed by atoms with van der Waals surface area (Å²) in [6.07, 6.45) is 12.8. The largest absolute Gasteiger partial charge is 0.459 e. The van der Waals surface area contributed by atoms with E-state index in [-0.39, 0.29) is 17.5 Å². The summed E-state index contributed by atoms with van der Waals surface area (Å²) in [4.78, 5) is 12.7. The first kappa shape index (κ1) is 27.0. The fourth-order valence-electron chi connectivity index (χ4n) is 5.25. The van der Waals surface area contributed by atoms with Crippen LogP contribution in [0.3, 0.4) is 0 Å². The molecule has 0 unspecified atom stereocenters. The normalized spacial score (nSPS) is 20.7. The molecule has 0 saturated heterocycles. The summed E-state index contributed by atoms with van der Waals surface area (Å²) in [7, 11) is 0. The first-order valence-corrected chi connectivity index (χ1v) is 13.8. The molecule has 0 amide bonds. The average Bonchev–Trinajstić information content (AvgIpc) is 2.90. The van der Waals surface area contributed by atoms with E-state index in [0.29, 0.717) is 11.5 Å². The zero-order valence-electron chi connectivity index (χ0n) is 22.0. The van der Waals surface area contributed by atoms with E-state index in [1.165, 1.54) is 43.2 Å². The number of nitriles is 1. The number of ether oxygens (including phenoxy) is 1. The number of nitrogens with zero attached hydrogens (tertiary/aromatic N) is 1. The molecule has 3 rings (SSSR count). The molecule has 1 fully saturated rings. The Morgan fingerprint density at radius 3 is 2.14 bits per heavy atom. The van der Waals surface area contributed by atoms with Crippen LogP contribution in [0, 0.1) is 22.7 Å². The third-order valence-corrected chi connectivity index (χ3v) is 7.81. The predicted molar refractivity (Wildman–Crippen MR) is 144 cm³/mol. The quantitative estimate of drug-likeness (QED) is 0.228. The van der Waals surface area contributed by atoms with Gasteiger partial charge in [0.15, 0.2) is 0 Å². The van der Waals surface area contributed by atoms with Crippen molar-refractivity contribution >= 4 is 5.97 Å². The lowest BCUT2D eigenvalue weighted by Crippen LogP contribution is -2.32. The van der Waals surface area contributed by atoms with Crippen LogP contribution in [0.4, 0.5) is 0 Å². The fourth-order valence-corrected chi connectivity index (χ4v) is 5.25. The molecule has 1 aliphatic carbocycles. The Bertz CT molecular complexity index is 947. The van der Waals surface area contributed by atoms with Gasteiger partial charge in [-0.15, -0.1) is 0 Å². The van der Waals surface area contributed by atoms with Gasteiger partial charge < -0.3 is 4.74 Å². The molecule has 0 aliphatic heterocycles. The van der Waals surface area contributed by atoms with Crippen molar-refractivity contribution in [3.63, 3.8) is 0 Å². The summed E-state index contributed by atoms with van der Waals surface area (Å²) >= 11 is 0. The molecule has 2 aromatic rings. The average molecular weight is 474 g/mol. The molecule has 0 spiro atoms. The van der Waals surface area contributed by atoms with E-state index >= 15 is 0 Å². The second-order valence-electron chi connectivity index (χ2n) is 10.7. The summed E-state index contributed by atoms with van der Waals surface area (Å²) in [5, 5.41) is 9.78. The molecule has 35 heavy (non-hydrogen) atoms. The molecule has 0 radical (unpaired) electrons. The number of carbonyl (C=O) groups excluding carboxylic acids is 1. The number of esters is 1. The van der Waals surface area contributed by atoms with Gasteiger partial charge in [-0.1, -0.05) is 89.3 Å². The molecule has 3 nitrogen and oxygen atoms in total. The maximum Gasteiger partial charge on any atom is 0.338 e. The third-order valence-electron chi connectivity index (χ3n) is 7.81. The van der Waals surface area contributed by atoms with E-state index in [4.69, 9.17) is 4.74 Å². The number of carbonyl (C=O) groups is 1. The van der Waals surface area contributed by atoms with E-state index in [2.05, 4.69) is 51.1 Å². The molecular formula is C32H43NO2. The number of hydrogen-bond donors (Lipinski definition) is 0. The van der Waals surface area contributed by atoms with Gasteiger partial charge in [-0.05, 0) is 79.7 Å². The van der Waals surface area contributed by atoms with E-state index in [1.807, 2.05) is 24.3 Å². The van der Waals surface area contributed by atoms with Gasteiger partial charge in [0.2, 0.25) is 0 Å². The van der Waals surface area contributed by atoms with Crippen molar-refractivity contribution in [2.24, 2.45) is 11.3 Å². The smallest absolute Gasteiger partial charge is 0.338 e. The summed E-state index contributed by atoms with van der Waals surface area (Å²) in [6.45, 7) is 6.65. The molecule has 0 bridgehead atoms. The van der Waals surface area contributed by atoms with E-state index in [9.17, 15) is 10.1 Å². The van der Waals surface area contributed by atoms with Crippen LogP contribution in [0.15, 0.2) is 48.5 Å². The highest BCUT2D eigenvalue weighted by Crippen LogP contribution is 2.42. The molecule has 3 heteroatoms. The first-order chi connectivity index (χ1) is 17.0. The maximum atomic E-state index is 12.7. The summed E-state index contributed by atoms with van der Waals surface area (Å²) in [6, 6.07) is 19.1. The summed E-state index contributed by atoms with van der Waals surface area (Å²) < 4.78 is 5.82. The third kappa shape index (κ3) is 7.96. The lowest BCUT2D eigenvalue weighted by molar-refractivity contribution is 0.00923. The van der Waals surface area contributed by atoms with Gasteiger partial charge in [0.1, 0.15) is 6.10 Å². The number of unbranched alkanes of at least 4 members (excludes halogenated alkanes) is 4. The molecule has 0 N–H and O–H groups in total. The highest BCUT2D eigenvalue weighted by Gasteiger charge is 2.37. The lowest BCUT2D eigenvalue weighted by atomic mass is 9.69. The summed E-state index contributed by atoms with van der Waals surface area (Å²) in [5.74, 6) is 0.297. The van der Waals surface area contributed by atoms with Crippen LogP contribution >= 0.6 is 0 Å². The highest BCUT2D eigenvalue weighted by molar-refractivity contribution is 5.90. The van der Waals surface area contributed by atoms with Crippen molar-refractivity contribution in [3.05, 3.63) is 59.7 Å². The van der Waals surface area contributed by atoms with Crippen LogP contribution in [-0.4, -0.2) is 12.1 Å². The van der Waals surface area contributed by atoms with Crippen LogP contribution in [0.5, 0.6) is 0 Å². The lowest BCUT2D eigenvalue weighted by Gasteiger charge is -2.36. The van der Waals surface area contributed by atoms with Gasteiger partial charge in [0.05, 0.1) is 17.0 Å². The Morgan fingerprint density at radius 2 is 1.57 bits per heavy atom. The Balaban J connectivity index is 1.49. The Kier molecular flexibility index (Phi) is 10.4. The van der Waals surface area contributed by atoms with Crippen molar-refractivity contribution in [2.45, 2.75) is 104 Å². The standard InChI is InChI=1S/C32H43NO2/c1-4-6-7-8-9-10-26-11-13-27(14-12-26)28-15-17-29(18-16-28)31(34)35-30-19-21-32(24-33,22-20-30)23-25(3)5-2/h11-18,25,30H,4-10,19-23H2,1-3H3/t25-,30-,32-/m1/s1. The number of benzene rings is 2. The monoisotopic (exact) mass is 473 g/mol. The van der Waals surface area contributed by atoms with Crippen molar-refractivity contribution in [1.29, 1.82) is 5.26 Å². The topological polar surface area (TPSA) is 50.1 Å². The predicted octanol–water partition coefficient (Wildman–Crippen LogP) is 8.91. The van der Waals surface area contributed by atoms with Crippen molar-refractivity contribution in [3.8, 4) is 17.2 Å². The zero-order chi connectivity index (χ0) is 25.1. The summed E-state index contributed by atoms with van der Waals surface area (Å²) in [5.41, 5.74) is 4.01. The molecule has 0 heterocycles. The van der Waals surface area contributed by atoms with Crippen molar-refractivity contribution in [2.75, 3.05) is 0 Å². The molecular weight excluding hydrogens is 430 g/mol. The van der Waals surface area contributed by atoms with Crippen LogP contribution in [0.25, 0.3) is 11.1 Å². The van der Waals surface area contributed by atoms with E-state index in [1.54, 1.807) is 0 Å². The minimum Gasteiger partial charge on any atom is -0.459 e. The van der Waals surface area contributed by atoms with Gasteiger partial charge in [-0.25, -0.2) is 4.79 Å². The first-order valence-electron chi connectivity index (χ1n) is 13.8. The number of rotatable bonds is 12. The Hall–Kier alpha value is -2.60. The molecule has 0 aromatic heterocycles. The van der Waals surface area contributed by atoms with Crippen molar-refractivity contribution < 1.29 is 9.53 Å². The van der Waals surface area contributed by atoms with Gasteiger partial charge in [0, 0.05) is 0 Å². The van der Waals surface area contributed by atoms with Crippen LogP contribution in [0.1, 0.15) is 107 Å². The maximum absolute atomic E-state index is 12.7. The SMILES string of the molecule is CCCCCCCc1ccc(-c2ccc(C(=O)O[C@H]3CC[C@@](C#N)(C[C@H](C)CC)CC3)cc2)cc1. The second kappa shape index (κ2) is 13.5. The fraction of sp³-hybridized carbons (Fsp3) is 0.562. The molecule has 1 aliphatic rings. The second-order valence-corrected chi connectivity index (χ2v) is 10.7. The van der Waals surface area contributed by atoms with Crippen LogP contribution in [-0.2, 0) is 11.2 Å². The number of aryl methyl sites for hydroxylation is 1. The Morgan fingerprint density at radius 1 is 0.971 bits per heavy atom. The molecule has 1 saturated carbocycles. The van der Waals surface area contributed by atoms with Gasteiger partial charge in [-0.3, -0.25) is 0 Å².